The lowest BCUT2D eigenvalue weighted by Gasteiger charge is -2.52. The van der Waals surface area contributed by atoms with Gasteiger partial charge in [-0.05, 0) is 26.7 Å². The lowest BCUT2D eigenvalue weighted by Crippen LogP contribution is -2.63. The van der Waals surface area contributed by atoms with E-state index in [1.807, 2.05) is 0 Å². The molecule has 0 aromatic carbocycles. The average molecular weight is 286 g/mol. The van der Waals surface area contributed by atoms with Crippen LogP contribution in [0.3, 0.4) is 0 Å². The van der Waals surface area contributed by atoms with Crippen molar-refractivity contribution in [3.63, 3.8) is 0 Å². The molecule has 0 saturated carbocycles. The minimum absolute atomic E-state index is 0.273. The molecule has 0 amide bonds. The van der Waals surface area contributed by atoms with E-state index in [1.165, 1.54) is 39.0 Å². The smallest absolute Gasteiger partial charge is 0.0356 e. The van der Waals surface area contributed by atoms with Crippen LogP contribution >= 0.6 is 11.8 Å². The van der Waals surface area contributed by atoms with Crippen molar-refractivity contribution in [2.24, 2.45) is 5.73 Å². The highest BCUT2D eigenvalue weighted by Crippen LogP contribution is 2.35. The lowest BCUT2D eigenvalue weighted by atomic mass is 9.84. The summed E-state index contributed by atoms with van der Waals surface area (Å²) in [5.74, 6) is 0. The first kappa shape index (κ1) is 15.6. The Kier molecular flexibility index (Phi) is 5.21. The maximum atomic E-state index is 6.21. The second-order valence-corrected chi connectivity index (χ2v) is 8.60. The molecule has 0 bridgehead atoms. The zero-order valence-corrected chi connectivity index (χ0v) is 13.9. The maximum absolute atomic E-state index is 6.21. The molecule has 2 N–H and O–H groups in total. The van der Waals surface area contributed by atoms with Crippen molar-refractivity contribution in [1.29, 1.82) is 0 Å². The molecule has 0 spiro atoms. The van der Waals surface area contributed by atoms with Crippen LogP contribution in [0.25, 0.3) is 0 Å². The first-order chi connectivity index (χ1) is 8.97. The molecule has 2 fully saturated rings. The lowest BCUT2D eigenvalue weighted by molar-refractivity contribution is 0.0169. The van der Waals surface area contributed by atoms with Gasteiger partial charge in [0.1, 0.15) is 0 Å². The number of hydrogen-bond acceptors (Lipinski definition) is 4. The highest BCUT2D eigenvalue weighted by atomic mass is 32.2. The summed E-state index contributed by atoms with van der Waals surface area (Å²) < 4.78 is 0. The van der Waals surface area contributed by atoms with Crippen LogP contribution in [0.15, 0.2) is 0 Å². The summed E-state index contributed by atoms with van der Waals surface area (Å²) >= 11 is 2.13. The highest BCUT2D eigenvalue weighted by Gasteiger charge is 2.41. The summed E-state index contributed by atoms with van der Waals surface area (Å²) in [5.41, 5.74) is 6.49. The molecule has 0 aliphatic carbocycles. The average Bonchev–Trinajstić information content (AvgIpc) is 2.37. The first-order valence-corrected chi connectivity index (χ1v) is 8.76. The largest absolute Gasteiger partial charge is 0.329 e. The van der Waals surface area contributed by atoms with Gasteiger partial charge in [0.2, 0.25) is 0 Å². The Balaban J connectivity index is 2.03. The molecule has 0 aromatic heterocycles. The molecular weight excluding hydrogens is 254 g/mol. The van der Waals surface area contributed by atoms with Crippen LogP contribution in [0.2, 0.25) is 0 Å². The van der Waals surface area contributed by atoms with Crippen LogP contribution in [0.4, 0.5) is 0 Å². The molecule has 4 heteroatoms. The van der Waals surface area contributed by atoms with Crippen LogP contribution in [0, 0.1) is 0 Å². The van der Waals surface area contributed by atoms with E-state index in [-0.39, 0.29) is 5.54 Å². The van der Waals surface area contributed by atoms with Gasteiger partial charge in [0.25, 0.3) is 0 Å². The third-order valence-electron chi connectivity index (χ3n) is 4.93. The minimum Gasteiger partial charge on any atom is -0.329 e. The molecule has 19 heavy (non-hydrogen) atoms. The fourth-order valence-corrected chi connectivity index (χ4v) is 5.00. The topological polar surface area (TPSA) is 32.5 Å². The first-order valence-electron chi connectivity index (χ1n) is 7.81. The summed E-state index contributed by atoms with van der Waals surface area (Å²) in [4.78, 5) is 5.32. The van der Waals surface area contributed by atoms with Gasteiger partial charge in [-0.25, -0.2) is 0 Å². The van der Waals surface area contributed by atoms with E-state index in [0.29, 0.717) is 6.04 Å². The quantitative estimate of drug-likeness (QED) is 0.860. The molecule has 0 radical (unpaired) electrons. The molecule has 2 atom stereocenters. The summed E-state index contributed by atoms with van der Waals surface area (Å²) in [6.07, 6.45) is 2.48. The second-order valence-electron chi connectivity index (χ2n) is 6.72. The fraction of sp³-hybridized carbons (Fsp3) is 1.00. The number of hydrogen-bond donors (Lipinski definition) is 1. The van der Waals surface area contributed by atoms with Gasteiger partial charge in [-0.3, -0.25) is 4.90 Å². The summed E-state index contributed by atoms with van der Waals surface area (Å²) in [5, 5.41) is 1.49. The Hall–Kier alpha value is 0.230. The van der Waals surface area contributed by atoms with Gasteiger partial charge >= 0.3 is 0 Å². The zero-order chi connectivity index (χ0) is 14.0. The normalized spacial score (nSPS) is 33.8. The maximum Gasteiger partial charge on any atom is 0.0356 e. The van der Waals surface area contributed by atoms with Crippen molar-refractivity contribution in [2.75, 3.05) is 32.7 Å². The van der Waals surface area contributed by atoms with Crippen molar-refractivity contribution in [1.82, 2.24) is 9.80 Å². The van der Waals surface area contributed by atoms with Crippen LogP contribution < -0.4 is 5.73 Å². The molecule has 2 aliphatic rings. The molecule has 2 unspecified atom stereocenters. The van der Waals surface area contributed by atoms with E-state index in [0.717, 1.165) is 17.0 Å². The Labute approximate surface area is 123 Å². The fourth-order valence-electron chi connectivity index (χ4n) is 3.67. The Morgan fingerprint density at radius 3 is 2.11 bits per heavy atom. The molecule has 2 heterocycles. The van der Waals surface area contributed by atoms with Gasteiger partial charge in [-0.15, -0.1) is 0 Å². The van der Waals surface area contributed by atoms with E-state index < -0.39 is 0 Å². The van der Waals surface area contributed by atoms with Gasteiger partial charge in [-0.1, -0.05) is 13.8 Å². The molecule has 3 nitrogen and oxygen atoms in total. The number of nitrogens with two attached hydrogens (primary N) is 1. The van der Waals surface area contributed by atoms with Gasteiger partial charge in [-0.2, -0.15) is 11.8 Å². The standard InChI is InChI=1S/C15H31N3S/c1-12(2)17-7-5-15(11-16,6-8-17)18-9-13(3)19-14(4)10-18/h12-14H,5-11,16H2,1-4H3. The van der Waals surface area contributed by atoms with Gasteiger partial charge in [0, 0.05) is 54.8 Å². The van der Waals surface area contributed by atoms with Crippen LogP contribution in [0.5, 0.6) is 0 Å². The minimum atomic E-state index is 0.273. The molecule has 2 aliphatic heterocycles. The third kappa shape index (κ3) is 3.46. The summed E-state index contributed by atoms with van der Waals surface area (Å²) in [6, 6.07) is 0.672. The Morgan fingerprint density at radius 1 is 1.16 bits per heavy atom. The van der Waals surface area contributed by atoms with Crippen molar-refractivity contribution in [2.45, 2.75) is 62.6 Å². The SMILES string of the molecule is CC1CN(C2(CN)CCN(C(C)C)CC2)CC(C)S1. The molecular formula is C15H31N3S. The van der Waals surface area contributed by atoms with Crippen LogP contribution in [-0.2, 0) is 0 Å². The van der Waals surface area contributed by atoms with E-state index in [1.54, 1.807) is 0 Å². The highest BCUT2D eigenvalue weighted by molar-refractivity contribution is 8.00. The van der Waals surface area contributed by atoms with Crippen molar-refractivity contribution in [3.05, 3.63) is 0 Å². The van der Waals surface area contributed by atoms with E-state index >= 15 is 0 Å². The number of nitrogens with zero attached hydrogens (tertiary/aromatic N) is 2. The third-order valence-corrected chi connectivity index (χ3v) is 6.16. The molecule has 0 aromatic rings. The summed E-state index contributed by atoms with van der Waals surface area (Å²) in [7, 11) is 0. The second kappa shape index (κ2) is 6.33. The van der Waals surface area contributed by atoms with Gasteiger partial charge in [0.05, 0.1) is 0 Å². The predicted molar refractivity (Wildman–Crippen MR) is 85.8 cm³/mol. The molecule has 2 saturated heterocycles. The van der Waals surface area contributed by atoms with E-state index in [9.17, 15) is 0 Å². The Morgan fingerprint density at radius 2 is 1.68 bits per heavy atom. The van der Waals surface area contributed by atoms with E-state index in [4.69, 9.17) is 5.73 Å². The Bertz CT molecular complexity index is 277. The van der Waals surface area contributed by atoms with Crippen molar-refractivity contribution in [3.8, 4) is 0 Å². The number of rotatable bonds is 3. The number of likely N-dealkylation sites (tertiary alicyclic amines) is 1. The van der Waals surface area contributed by atoms with Crippen LogP contribution in [-0.4, -0.2) is 64.6 Å². The predicted octanol–water partition coefficient (Wildman–Crippen LogP) is 2.01. The van der Waals surface area contributed by atoms with Gasteiger partial charge in [0.15, 0.2) is 0 Å². The number of thioether (sulfide) groups is 1. The summed E-state index contributed by atoms with van der Waals surface area (Å²) in [6.45, 7) is 15.0. The van der Waals surface area contributed by atoms with Gasteiger partial charge < -0.3 is 10.6 Å². The molecule has 2 rings (SSSR count). The van der Waals surface area contributed by atoms with Crippen molar-refractivity contribution < 1.29 is 0 Å². The van der Waals surface area contributed by atoms with E-state index in [2.05, 4.69) is 49.3 Å². The zero-order valence-electron chi connectivity index (χ0n) is 13.1. The van der Waals surface area contributed by atoms with Crippen molar-refractivity contribution >= 4 is 11.8 Å². The monoisotopic (exact) mass is 285 g/mol. The molecule has 112 valence electrons. The number of piperidine rings is 1. The van der Waals surface area contributed by atoms with Crippen LogP contribution in [0.1, 0.15) is 40.5 Å².